The van der Waals surface area contributed by atoms with Crippen LogP contribution in [0.2, 0.25) is 0 Å². The molecule has 0 aliphatic heterocycles. The summed E-state index contributed by atoms with van der Waals surface area (Å²) in [6.07, 6.45) is 0.138. The maximum Gasteiger partial charge on any atom is 0.133 e. The number of aromatic amines is 1. The number of benzene rings is 2. The Morgan fingerprint density at radius 1 is 1.09 bits per heavy atom. The Balaban J connectivity index is 1.90. The van der Waals surface area contributed by atoms with Gasteiger partial charge in [0.05, 0.1) is 22.0 Å². The molecule has 23 heavy (non-hydrogen) atoms. The first kappa shape index (κ1) is 15.6. The molecule has 0 radical (unpaired) electrons. The van der Waals surface area contributed by atoms with Gasteiger partial charge in [-0.05, 0) is 66.2 Å². The van der Waals surface area contributed by atoms with Crippen molar-refractivity contribution in [1.29, 1.82) is 0 Å². The highest BCUT2D eigenvalue weighted by Gasteiger charge is 2.09. The summed E-state index contributed by atoms with van der Waals surface area (Å²) in [4.78, 5) is 0. The van der Waals surface area contributed by atoms with Gasteiger partial charge in [0.1, 0.15) is 5.75 Å². The van der Waals surface area contributed by atoms with Crippen LogP contribution in [0.4, 0.5) is 5.69 Å². The average molecular weight is 372 g/mol. The quantitative estimate of drug-likeness (QED) is 0.642. The number of hydrogen-bond donors (Lipinski definition) is 2. The van der Waals surface area contributed by atoms with Crippen molar-refractivity contribution >= 4 is 21.6 Å². The fraction of sp³-hybridized carbons (Fsp3) is 0.167. The van der Waals surface area contributed by atoms with Gasteiger partial charge in [-0.25, -0.2) is 0 Å². The van der Waals surface area contributed by atoms with Gasteiger partial charge < -0.3 is 10.5 Å². The molecule has 4 nitrogen and oxygen atoms in total. The van der Waals surface area contributed by atoms with Crippen molar-refractivity contribution in [3.05, 3.63) is 53.0 Å². The third kappa shape index (κ3) is 3.56. The Bertz CT molecular complexity index is 827. The molecule has 0 saturated carbocycles. The first-order valence-corrected chi connectivity index (χ1v) is 8.20. The molecule has 3 rings (SSSR count). The molecule has 3 N–H and O–H groups in total. The van der Waals surface area contributed by atoms with Crippen molar-refractivity contribution in [2.24, 2.45) is 0 Å². The predicted molar refractivity (Wildman–Crippen MR) is 97.3 cm³/mol. The maximum atomic E-state index is 5.83. The van der Waals surface area contributed by atoms with Gasteiger partial charge in [0, 0.05) is 16.8 Å². The Labute approximate surface area is 143 Å². The number of nitrogen functional groups attached to an aromatic ring is 1. The van der Waals surface area contributed by atoms with Gasteiger partial charge in [0.2, 0.25) is 0 Å². The monoisotopic (exact) mass is 371 g/mol. The van der Waals surface area contributed by atoms with E-state index in [1.54, 1.807) is 0 Å². The van der Waals surface area contributed by atoms with Gasteiger partial charge in [-0.1, -0.05) is 12.1 Å². The highest BCUT2D eigenvalue weighted by atomic mass is 79.9. The molecule has 118 valence electrons. The second-order valence-corrected chi connectivity index (χ2v) is 6.46. The molecule has 0 aliphatic rings. The van der Waals surface area contributed by atoms with E-state index in [2.05, 4.69) is 26.1 Å². The lowest BCUT2D eigenvalue weighted by Crippen LogP contribution is -2.05. The van der Waals surface area contributed by atoms with Crippen molar-refractivity contribution < 1.29 is 4.74 Å². The minimum atomic E-state index is 0.138. The van der Waals surface area contributed by atoms with Crippen LogP contribution in [-0.4, -0.2) is 16.3 Å². The summed E-state index contributed by atoms with van der Waals surface area (Å²) in [6, 6.07) is 15.7. The lowest BCUT2D eigenvalue weighted by molar-refractivity contribution is 0.241. The van der Waals surface area contributed by atoms with E-state index in [9.17, 15) is 0 Å². The number of rotatable bonds is 4. The van der Waals surface area contributed by atoms with Gasteiger partial charge >= 0.3 is 0 Å². The van der Waals surface area contributed by atoms with Gasteiger partial charge in [-0.2, -0.15) is 5.10 Å². The number of ether oxygens (including phenoxy) is 1. The molecule has 0 amide bonds. The van der Waals surface area contributed by atoms with Gasteiger partial charge in [0.15, 0.2) is 0 Å². The van der Waals surface area contributed by atoms with Crippen LogP contribution in [-0.2, 0) is 0 Å². The number of anilines is 1. The van der Waals surface area contributed by atoms with Gasteiger partial charge in [-0.3, -0.25) is 5.10 Å². The number of nitrogens with zero attached hydrogens (tertiary/aromatic N) is 1. The molecule has 5 heteroatoms. The van der Waals surface area contributed by atoms with E-state index in [-0.39, 0.29) is 6.10 Å². The molecule has 0 fully saturated rings. The molecule has 3 aromatic rings. The molecular weight excluding hydrogens is 354 g/mol. The topological polar surface area (TPSA) is 63.9 Å². The van der Waals surface area contributed by atoms with E-state index < -0.39 is 0 Å². The average Bonchev–Trinajstić information content (AvgIpc) is 2.99. The SMILES string of the molecule is CC(C)Oc1ccc(-c2cc(-c3cccc(N)c3)n[nH]2)cc1Br. The molecule has 0 aliphatic carbocycles. The molecule has 0 atom stereocenters. The fourth-order valence-corrected chi connectivity index (χ4v) is 2.81. The Hall–Kier alpha value is -2.27. The third-order valence-corrected chi connectivity index (χ3v) is 3.99. The van der Waals surface area contributed by atoms with E-state index in [0.29, 0.717) is 0 Å². The lowest BCUT2D eigenvalue weighted by Gasteiger charge is -2.12. The van der Waals surface area contributed by atoms with Gasteiger partial charge in [0.25, 0.3) is 0 Å². The molecule has 0 unspecified atom stereocenters. The second kappa shape index (κ2) is 6.46. The minimum absolute atomic E-state index is 0.138. The second-order valence-electron chi connectivity index (χ2n) is 5.60. The van der Waals surface area contributed by atoms with Crippen LogP contribution in [0.25, 0.3) is 22.5 Å². The molecular formula is C18H18BrN3O. The van der Waals surface area contributed by atoms with E-state index in [1.807, 2.05) is 62.4 Å². The zero-order chi connectivity index (χ0) is 16.4. The summed E-state index contributed by atoms with van der Waals surface area (Å²) in [5, 5.41) is 7.45. The van der Waals surface area contributed by atoms with Crippen LogP contribution in [0.3, 0.4) is 0 Å². The normalized spacial score (nSPS) is 11.0. The minimum Gasteiger partial charge on any atom is -0.490 e. The Morgan fingerprint density at radius 2 is 1.91 bits per heavy atom. The zero-order valence-electron chi connectivity index (χ0n) is 13.0. The fourth-order valence-electron chi connectivity index (χ4n) is 2.33. The smallest absolute Gasteiger partial charge is 0.133 e. The molecule has 0 saturated heterocycles. The van der Waals surface area contributed by atoms with Crippen molar-refractivity contribution in [2.45, 2.75) is 20.0 Å². The van der Waals surface area contributed by atoms with Crippen LogP contribution < -0.4 is 10.5 Å². The molecule has 1 heterocycles. The van der Waals surface area contributed by atoms with E-state index >= 15 is 0 Å². The molecule has 2 aromatic carbocycles. The molecule has 1 aromatic heterocycles. The number of H-pyrrole nitrogens is 1. The van der Waals surface area contributed by atoms with E-state index in [4.69, 9.17) is 10.5 Å². The Kier molecular flexibility index (Phi) is 4.39. The highest BCUT2D eigenvalue weighted by molar-refractivity contribution is 9.10. The summed E-state index contributed by atoms with van der Waals surface area (Å²) in [6.45, 7) is 4.01. The predicted octanol–water partition coefficient (Wildman–Crippen LogP) is 4.88. The Morgan fingerprint density at radius 3 is 2.61 bits per heavy atom. The summed E-state index contributed by atoms with van der Waals surface area (Å²) in [7, 11) is 0. The summed E-state index contributed by atoms with van der Waals surface area (Å²) in [5.41, 5.74) is 10.4. The summed E-state index contributed by atoms with van der Waals surface area (Å²) >= 11 is 3.56. The zero-order valence-corrected chi connectivity index (χ0v) is 14.6. The highest BCUT2D eigenvalue weighted by Crippen LogP contribution is 2.32. The largest absolute Gasteiger partial charge is 0.490 e. The summed E-state index contributed by atoms with van der Waals surface area (Å²) < 4.78 is 6.66. The maximum absolute atomic E-state index is 5.83. The number of halogens is 1. The lowest BCUT2D eigenvalue weighted by atomic mass is 10.1. The van der Waals surface area contributed by atoms with Crippen LogP contribution in [0.15, 0.2) is 53.0 Å². The van der Waals surface area contributed by atoms with Crippen LogP contribution in [0, 0.1) is 0 Å². The van der Waals surface area contributed by atoms with Crippen molar-refractivity contribution in [3.63, 3.8) is 0 Å². The number of hydrogen-bond acceptors (Lipinski definition) is 3. The third-order valence-electron chi connectivity index (χ3n) is 3.37. The van der Waals surface area contributed by atoms with Crippen LogP contribution in [0.1, 0.15) is 13.8 Å². The van der Waals surface area contributed by atoms with Crippen molar-refractivity contribution in [2.75, 3.05) is 5.73 Å². The summed E-state index contributed by atoms with van der Waals surface area (Å²) in [5.74, 6) is 0.833. The molecule has 0 bridgehead atoms. The van der Waals surface area contributed by atoms with Crippen molar-refractivity contribution in [1.82, 2.24) is 10.2 Å². The standard InChI is InChI=1S/C18H18BrN3O/c1-11(2)23-18-7-6-13(9-15(18)19)17-10-16(21-22-17)12-4-3-5-14(20)8-12/h3-11H,20H2,1-2H3,(H,21,22). The number of nitrogens with one attached hydrogen (secondary N) is 1. The van der Waals surface area contributed by atoms with Crippen LogP contribution in [0.5, 0.6) is 5.75 Å². The number of nitrogens with two attached hydrogens (primary N) is 1. The first-order valence-electron chi connectivity index (χ1n) is 7.41. The first-order chi connectivity index (χ1) is 11.0. The van der Waals surface area contributed by atoms with E-state index in [0.717, 1.165) is 38.4 Å². The van der Waals surface area contributed by atoms with E-state index in [1.165, 1.54) is 0 Å². The van der Waals surface area contributed by atoms with Crippen molar-refractivity contribution in [3.8, 4) is 28.3 Å². The van der Waals surface area contributed by atoms with Gasteiger partial charge in [-0.15, -0.1) is 0 Å². The number of aromatic nitrogens is 2. The van der Waals surface area contributed by atoms with Crippen LogP contribution >= 0.6 is 15.9 Å². The molecule has 0 spiro atoms.